The first-order valence-electron chi connectivity index (χ1n) is 6.67. The molecule has 0 fully saturated rings. The predicted octanol–water partition coefficient (Wildman–Crippen LogP) is 3.66. The number of hydrogen-bond acceptors (Lipinski definition) is 7. The minimum atomic E-state index is -0.553. The van der Waals surface area contributed by atoms with Gasteiger partial charge in [0.15, 0.2) is 0 Å². The largest absolute Gasteiger partial charge is 0.281 e. The summed E-state index contributed by atoms with van der Waals surface area (Å²) in [6.45, 7) is 0. The Bertz CT molecular complexity index is 1020. The minimum Gasteiger partial charge on any atom is -0.267 e. The average Bonchev–Trinajstić information content (AvgIpc) is 2.56. The van der Waals surface area contributed by atoms with Crippen LogP contribution in [0.1, 0.15) is 5.56 Å². The van der Waals surface area contributed by atoms with Crippen molar-refractivity contribution in [1.29, 1.82) is 0 Å². The lowest BCUT2D eigenvalue weighted by atomic mass is 10.2. The van der Waals surface area contributed by atoms with Crippen molar-refractivity contribution in [3.05, 3.63) is 73.5 Å². The van der Waals surface area contributed by atoms with Crippen molar-refractivity contribution < 1.29 is 4.92 Å². The molecule has 0 unspecified atom stereocenters. The first-order valence-corrected chi connectivity index (χ1v) is 7.87. The molecule has 0 saturated heterocycles. The van der Waals surface area contributed by atoms with E-state index in [1.807, 2.05) is 12.1 Å². The van der Waals surface area contributed by atoms with E-state index in [1.165, 1.54) is 35.8 Å². The van der Waals surface area contributed by atoms with Gasteiger partial charge in [0.1, 0.15) is 0 Å². The van der Waals surface area contributed by atoms with Crippen molar-refractivity contribution in [2.45, 2.75) is 0 Å². The normalized spacial score (nSPS) is 11.0. The van der Waals surface area contributed by atoms with Crippen molar-refractivity contribution in [2.24, 2.45) is 5.10 Å². The van der Waals surface area contributed by atoms with Crippen LogP contribution in [0.5, 0.6) is 0 Å². The lowest BCUT2D eigenvalue weighted by molar-refractivity contribution is -0.384. The maximum absolute atomic E-state index is 12.0. The van der Waals surface area contributed by atoms with E-state index >= 15 is 0 Å². The number of nitrogens with one attached hydrogen (secondary N) is 1. The number of nitro benzene ring substituents is 1. The van der Waals surface area contributed by atoms with Crippen molar-refractivity contribution in [1.82, 2.24) is 4.98 Å². The Kier molecular flexibility index (Phi) is 4.50. The van der Waals surface area contributed by atoms with Gasteiger partial charge in [-0.15, -0.1) is 0 Å². The van der Waals surface area contributed by atoms with Crippen LogP contribution in [0.3, 0.4) is 0 Å². The summed E-state index contributed by atoms with van der Waals surface area (Å²) in [5.41, 5.74) is 2.69. The number of benzene rings is 2. The molecule has 0 amide bonds. The summed E-state index contributed by atoms with van der Waals surface area (Å²) in [5.74, 6) is 0. The second-order valence-electron chi connectivity index (χ2n) is 4.65. The minimum absolute atomic E-state index is 0.147. The number of nitro groups is 1. The van der Waals surface area contributed by atoms with Crippen molar-refractivity contribution in [3.63, 3.8) is 0 Å². The lowest BCUT2D eigenvalue weighted by Gasteiger charge is -2.01. The highest BCUT2D eigenvalue weighted by atomic mass is 35.5. The first kappa shape index (κ1) is 16.0. The maximum atomic E-state index is 12.0. The monoisotopic (exact) mass is 360 g/mol. The van der Waals surface area contributed by atoms with E-state index in [9.17, 15) is 14.9 Å². The fourth-order valence-corrected chi connectivity index (χ4v) is 2.96. The Labute approximate surface area is 144 Å². The number of anilines is 1. The molecule has 0 spiro atoms. The van der Waals surface area contributed by atoms with Crippen LogP contribution in [0.25, 0.3) is 10.1 Å². The second kappa shape index (κ2) is 6.73. The first-order chi connectivity index (χ1) is 11.5. The molecular weight excluding hydrogens is 352 g/mol. The molecule has 2 aromatic carbocycles. The van der Waals surface area contributed by atoms with Crippen LogP contribution in [0.15, 0.2) is 52.4 Å². The lowest BCUT2D eigenvalue weighted by Crippen LogP contribution is -2.07. The van der Waals surface area contributed by atoms with E-state index < -0.39 is 10.5 Å². The van der Waals surface area contributed by atoms with Crippen molar-refractivity contribution in [2.75, 3.05) is 5.43 Å². The molecule has 0 aliphatic carbocycles. The molecule has 0 bridgehead atoms. The van der Waals surface area contributed by atoms with E-state index in [0.29, 0.717) is 9.72 Å². The summed E-state index contributed by atoms with van der Waals surface area (Å²) in [5, 5.41) is 15.8. The zero-order valence-corrected chi connectivity index (χ0v) is 13.5. The summed E-state index contributed by atoms with van der Waals surface area (Å²) >= 11 is 7.18. The van der Waals surface area contributed by atoms with Gasteiger partial charge in [-0.05, 0) is 12.1 Å². The quantitative estimate of drug-likeness (QED) is 0.435. The van der Waals surface area contributed by atoms with Crippen LogP contribution in [0.4, 0.5) is 10.8 Å². The fourth-order valence-electron chi connectivity index (χ4n) is 1.95. The van der Waals surface area contributed by atoms with E-state index in [-0.39, 0.29) is 16.2 Å². The van der Waals surface area contributed by atoms with Crippen LogP contribution in [-0.4, -0.2) is 16.1 Å². The van der Waals surface area contributed by atoms with Crippen LogP contribution in [-0.2, 0) is 0 Å². The highest BCUT2D eigenvalue weighted by molar-refractivity contribution is 7.21. The van der Waals surface area contributed by atoms with Crippen LogP contribution < -0.4 is 11.0 Å². The smallest absolute Gasteiger partial charge is 0.267 e. The molecule has 0 aliphatic heterocycles. The molecule has 24 heavy (non-hydrogen) atoms. The number of fused-ring (bicyclic) bond motifs is 1. The Balaban J connectivity index is 1.88. The van der Waals surface area contributed by atoms with Gasteiger partial charge in [-0.1, -0.05) is 41.1 Å². The molecule has 1 heterocycles. The number of non-ortho nitro benzene ring substituents is 1. The Morgan fingerprint density at radius 1 is 1.29 bits per heavy atom. The second-order valence-corrected chi connectivity index (χ2v) is 6.09. The van der Waals surface area contributed by atoms with Crippen molar-refractivity contribution >= 4 is 50.1 Å². The van der Waals surface area contributed by atoms with E-state index in [4.69, 9.17) is 11.6 Å². The van der Waals surface area contributed by atoms with Gasteiger partial charge in [-0.3, -0.25) is 20.3 Å². The van der Waals surface area contributed by atoms with Gasteiger partial charge in [-0.25, -0.2) is 0 Å². The summed E-state index contributed by atoms with van der Waals surface area (Å²) in [4.78, 5) is 26.1. The summed E-state index contributed by atoms with van der Waals surface area (Å²) < 4.78 is 0.580. The van der Waals surface area contributed by atoms with Gasteiger partial charge in [-0.2, -0.15) is 10.1 Å². The molecule has 3 rings (SSSR count). The van der Waals surface area contributed by atoms with Gasteiger partial charge in [0.25, 0.3) is 11.2 Å². The molecule has 120 valence electrons. The molecule has 0 radical (unpaired) electrons. The number of halogens is 1. The maximum Gasteiger partial charge on any atom is 0.281 e. The van der Waals surface area contributed by atoms with Crippen LogP contribution in [0.2, 0.25) is 5.02 Å². The Morgan fingerprint density at radius 2 is 2.08 bits per heavy atom. The summed E-state index contributed by atoms with van der Waals surface area (Å²) in [7, 11) is 0. The number of hydrazone groups is 1. The average molecular weight is 361 g/mol. The highest BCUT2D eigenvalue weighted by Gasteiger charge is 2.10. The van der Waals surface area contributed by atoms with Crippen molar-refractivity contribution in [3.8, 4) is 0 Å². The third-order valence-corrected chi connectivity index (χ3v) is 4.38. The molecule has 3 aromatic rings. The number of rotatable bonds is 4. The third-order valence-electron chi connectivity index (χ3n) is 3.08. The third kappa shape index (κ3) is 3.39. The zero-order valence-electron chi connectivity index (χ0n) is 12.0. The van der Waals surface area contributed by atoms with Gasteiger partial charge in [0, 0.05) is 27.4 Å². The molecule has 1 aromatic heterocycles. The van der Waals surface area contributed by atoms with Gasteiger partial charge >= 0.3 is 0 Å². The van der Waals surface area contributed by atoms with E-state index in [2.05, 4.69) is 15.5 Å². The van der Waals surface area contributed by atoms with Crippen LogP contribution in [0, 0.1) is 10.1 Å². The summed E-state index contributed by atoms with van der Waals surface area (Å²) in [6.07, 6.45) is 1.52. The highest BCUT2D eigenvalue weighted by Crippen LogP contribution is 2.24. The molecule has 0 aliphatic rings. The van der Waals surface area contributed by atoms with E-state index in [1.54, 1.807) is 12.1 Å². The number of hydrogen-bond donors (Lipinski definition) is 1. The predicted molar refractivity (Wildman–Crippen MR) is 95.2 cm³/mol. The van der Waals surface area contributed by atoms with Gasteiger partial charge in [0.05, 0.1) is 16.5 Å². The fraction of sp³-hybridized carbons (Fsp3) is 0. The standard InChI is InChI=1S/C15H9ClN4O3S/c16-12-4-2-1-3-9(12)8-17-19-15-18-14(21)11-7-10(20(22)23)5-6-13(11)24-15/h1-8H,(H,18,19,21)/b17-8+. The van der Waals surface area contributed by atoms with Crippen LogP contribution >= 0.6 is 22.9 Å². The molecular formula is C15H9ClN4O3S. The number of aromatic nitrogens is 1. The molecule has 7 nitrogen and oxygen atoms in total. The number of nitrogens with zero attached hydrogens (tertiary/aromatic N) is 3. The van der Waals surface area contributed by atoms with Gasteiger partial charge < -0.3 is 0 Å². The molecule has 0 saturated carbocycles. The molecule has 9 heteroatoms. The molecule has 0 atom stereocenters. The summed E-state index contributed by atoms with van der Waals surface area (Å²) in [6, 6.07) is 11.2. The van der Waals surface area contributed by atoms with Gasteiger partial charge in [0.2, 0.25) is 5.13 Å². The Hall–Kier alpha value is -2.84. The molecule has 1 N–H and O–H groups in total. The topological polar surface area (TPSA) is 97.5 Å². The van der Waals surface area contributed by atoms with E-state index in [0.717, 1.165) is 5.56 Å². The zero-order chi connectivity index (χ0) is 17.1. The SMILES string of the molecule is O=c1nc(N/N=C/c2ccccc2Cl)sc2ccc([N+](=O)[O-])cc12. The Morgan fingerprint density at radius 3 is 2.83 bits per heavy atom.